The summed E-state index contributed by atoms with van der Waals surface area (Å²) in [5.41, 5.74) is 2.11. The van der Waals surface area contributed by atoms with E-state index >= 15 is 0 Å². The van der Waals surface area contributed by atoms with Crippen molar-refractivity contribution in [2.24, 2.45) is 5.92 Å². The second kappa shape index (κ2) is 9.74. The van der Waals surface area contributed by atoms with E-state index in [2.05, 4.69) is 19.1 Å². The first-order valence-electron chi connectivity index (χ1n) is 9.94. The molecular formula is C22H33NO2. The maximum atomic E-state index is 12.3. The van der Waals surface area contributed by atoms with Gasteiger partial charge in [-0.2, -0.15) is 0 Å². The largest absolute Gasteiger partial charge is 0.343 e. The lowest BCUT2D eigenvalue weighted by atomic mass is 9.88. The van der Waals surface area contributed by atoms with Crippen LogP contribution < -0.4 is 0 Å². The summed E-state index contributed by atoms with van der Waals surface area (Å²) in [6, 6.07) is 8.12. The number of benzene rings is 1. The highest BCUT2D eigenvalue weighted by Crippen LogP contribution is 2.29. The van der Waals surface area contributed by atoms with E-state index in [9.17, 15) is 9.59 Å². The first-order chi connectivity index (χ1) is 12.0. The minimum atomic E-state index is 0.0393. The third-order valence-electron chi connectivity index (χ3n) is 5.28. The van der Waals surface area contributed by atoms with Gasteiger partial charge in [0.25, 0.3) is 0 Å². The lowest BCUT2D eigenvalue weighted by Crippen LogP contribution is -2.37. The summed E-state index contributed by atoms with van der Waals surface area (Å²) in [7, 11) is 0. The minimum absolute atomic E-state index is 0.0393. The molecule has 1 aliphatic rings. The van der Waals surface area contributed by atoms with Crippen LogP contribution in [0.2, 0.25) is 0 Å². The number of carbonyl (C=O) groups is 2. The highest BCUT2D eigenvalue weighted by molar-refractivity contribution is 5.97. The molecular weight excluding hydrogens is 310 g/mol. The number of unbranched alkanes of at least 4 members (excludes halogenated alkanes) is 3. The van der Waals surface area contributed by atoms with E-state index < -0.39 is 0 Å². The molecule has 0 aliphatic carbocycles. The quantitative estimate of drug-likeness (QED) is 0.480. The molecule has 138 valence electrons. The SMILES string of the molecule is CCCCCCC(=O)N1CCC(c2ccc(C(=O)C(C)C)cc2)CC1. The molecule has 1 aromatic rings. The second-order valence-corrected chi connectivity index (χ2v) is 7.61. The highest BCUT2D eigenvalue weighted by atomic mass is 16.2. The number of hydrogen-bond acceptors (Lipinski definition) is 2. The molecule has 0 spiro atoms. The second-order valence-electron chi connectivity index (χ2n) is 7.61. The average molecular weight is 344 g/mol. The van der Waals surface area contributed by atoms with Crippen LogP contribution in [0.3, 0.4) is 0 Å². The number of hydrogen-bond donors (Lipinski definition) is 0. The molecule has 0 unspecified atom stereocenters. The van der Waals surface area contributed by atoms with Crippen LogP contribution in [0.1, 0.15) is 87.6 Å². The Balaban J connectivity index is 1.81. The molecule has 1 fully saturated rings. The molecule has 3 nitrogen and oxygen atoms in total. The van der Waals surface area contributed by atoms with Crippen molar-refractivity contribution >= 4 is 11.7 Å². The lowest BCUT2D eigenvalue weighted by Gasteiger charge is -2.32. The van der Waals surface area contributed by atoms with Gasteiger partial charge < -0.3 is 4.90 Å². The Morgan fingerprint density at radius 1 is 1.04 bits per heavy atom. The molecule has 1 saturated heterocycles. The van der Waals surface area contributed by atoms with Crippen LogP contribution in [0.5, 0.6) is 0 Å². The van der Waals surface area contributed by atoms with E-state index in [0.29, 0.717) is 18.2 Å². The predicted octanol–water partition coefficient (Wildman–Crippen LogP) is 5.20. The average Bonchev–Trinajstić information content (AvgIpc) is 2.64. The Morgan fingerprint density at radius 2 is 1.68 bits per heavy atom. The molecule has 1 amide bonds. The Kier molecular flexibility index (Phi) is 7.67. The summed E-state index contributed by atoms with van der Waals surface area (Å²) in [5.74, 6) is 1.08. The molecule has 0 aromatic heterocycles. The van der Waals surface area contributed by atoms with Crippen LogP contribution >= 0.6 is 0 Å². The van der Waals surface area contributed by atoms with Gasteiger partial charge in [-0.1, -0.05) is 64.3 Å². The molecule has 1 heterocycles. The van der Waals surface area contributed by atoms with Gasteiger partial charge in [0, 0.05) is 31.0 Å². The van der Waals surface area contributed by atoms with Gasteiger partial charge in [-0.25, -0.2) is 0 Å². The van der Waals surface area contributed by atoms with E-state index in [1.54, 1.807) is 0 Å². The summed E-state index contributed by atoms with van der Waals surface area (Å²) in [5, 5.41) is 0. The molecule has 0 atom stereocenters. The highest BCUT2D eigenvalue weighted by Gasteiger charge is 2.23. The van der Waals surface area contributed by atoms with Gasteiger partial charge in [0.2, 0.25) is 5.91 Å². The van der Waals surface area contributed by atoms with Crippen LogP contribution in [0.4, 0.5) is 0 Å². The number of amides is 1. The van der Waals surface area contributed by atoms with Gasteiger partial charge in [-0.05, 0) is 30.7 Å². The normalized spacial score (nSPS) is 15.6. The van der Waals surface area contributed by atoms with E-state index in [1.807, 2.05) is 30.9 Å². The van der Waals surface area contributed by atoms with Gasteiger partial charge >= 0.3 is 0 Å². The van der Waals surface area contributed by atoms with Crippen molar-refractivity contribution in [2.75, 3.05) is 13.1 Å². The Labute approximate surface area is 152 Å². The maximum Gasteiger partial charge on any atom is 0.222 e. The fourth-order valence-corrected chi connectivity index (χ4v) is 3.58. The molecule has 0 radical (unpaired) electrons. The third kappa shape index (κ3) is 5.69. The van der Waals surface area contributed by atoms with Crippen molar-refractivity contribution in [1.82, 2.24) is 4.90 Å². The molecule has 0 bridgehead atoms. The Bertz CT molecular complexity index is 554. The molecule has 0 saturated carbocycles. The zero-order valence-corrected chi connectivity index (χ0v) is 16.1. The summed E-state index contributed by atoms with van der Waals surface area (Å²) in [4.78, 5) is 26.4. The molecule has 3 heteroatoms. The van der Waals surface area contributed by atoms with Crippen molar-refractivity contribution in [3.63, 3.8) is 0 Å². The minimum Gasteiger partial charge on any atom is -0.343 e. The van der Waals surface area contributed by atoms with Crippen molar-refractivity contribution in [3.05, 3.63) is 35.4 Å². The summed E-state index contributed by atoms with van der Waals surface area (Å²) in [6.07, 6.45) is 7.39. The summed E-state index contributed by atoms with van der Waals surface area (Å²) >= 11 is 0. The van der Waals surface area contributed by atoms with E-state index in [-0.39, 0.29) is 11.7 Å². The first kappa shape index (κ1) is 19.7. The topological polar surface area (TPSA) is 37.4 Å². The standard InChI is InChI=1S/C22H33NO2/c1-4-5-6-7-8-21(24)23-15-13-19(14-16-23)18-9-11-20(12-10-18)22(25)17(2)3/h9-12,17,19H,4-8,13-16H2,1-3H3. The van der Waals surface area contributed by atoms with Crippen molar-refractivity contribution in [1.29, 1.82) is 0 Å². The molecule has 2 rings (SSSR count). The number of rotatable bonds is 8. The monoisotopic (exact) mass is 343 g/mol. The van der Waals surface area contributed by atoms with Gasteiger partial charge in [0.05, 0.1) is 0 Å². The van der Waals surface area contributed by atoms with Crippen molar-refractivity contribution in [2.45, 2.75) is 71.6 Å². The fourth-order valence-electron chi connectivity index (χ4n) is 3.58. The van der Waals surface area contributed by atoms with Gasteiger partial charge in [0.15, 0.2) is 5.78 Å². The zero-order chi connectivity index (χ0) is 18.2. The summed E-state index contributed by atoms with van der Waals surface area (Å²) in [6.45, 7) is 7.79. The number of carbonyl (C=O) groups excluding carboxylic acids is 2. The van der Waals surface area contributed by atoms with Crippen LogP contribution in [0, 0.1) is 5.92 Å². The van der Waals surface area contributed by atoms with E-state index in [4.69, 9.17) is 0 Å². The number of nitrogens with zero attached hydrogens (tertiary/aromatic N) is 1. The molecule has 1 aromatic carbocycles. The van der Waals surface area contributed by atoms with Crippen LogP contribution in [-0.2, 0) is 4.79 Å². The van der Waals surface area contributed by atoms with Crippen molar-refractivity contribution in [3.8, 4) is 0 Å². The number of likely N-dealkylation sites (tertiary alicyclic amines) is 1. The van der Waals surface area contributed by atoms with Crippen LogP contribution in [0.15, 0.2) is 24.3 Å². The summed E-state index contributed by atoms with van der Waals surface area (Å²) < 4.78 is 0. The van der Waals surface area contributed by atoms with Gasteiger partial charge in [-0.3, -0.25) is 9.59 Å². The number of ketones is 1. The first-order valence-corrected chi connectivity index (χ1v) is 9.94. The van der Waals surface area contributed by atoms with Gasteiger partial charge in [0.1, 0.15) is 0 Å². The molecule has 1 aliphatic heterocycles. The molecule has 0 N–H and O–H groups in total. The lowest BCUT2D eigenvalue weighted by molar-refractivity contribution is -0.132. The van der Waals surface area contributed by atoms with E-state index in [1.165, 1.54) is 24.8 Å². The van der Waals surface area contributed by atoms with Gasteiger partial charge in [-0.15, -0.1) is 0 Å². The van der Waals surface area contributed by atoms with Crippen LogP contribution in [-0.4, -0.2) is 29.7 Å². The predicted molar refractivity (Wildman–Crippen MR) is 103 cm³/mol. The smallest absolute Gasteiger partial charge is 0.222 e. The zero-order valence-electron chi connectivity index (χ0n) is 16.1. The third-order valence-corrected chi connectivity index (χ3v) is 5.28. The molecule has 25 heavy (non-hydrogen) atoms. The maximum absolute atomic E-state index is 12.3. The van der Waals surface area contributed by atoms with Crippen molar-refractivity contribution < 1.29 is 9.59 Å². The number of piperidine rings is 1. The fraction of sp³-hybridized carbons (Fsp3) is 0.636. The Hall–Kier alpha value is -1.64. The van der Waals surface area contributed by atoms with E-state index in [0.717, 1.165) is 37.9 Å². The Morgan fingerprint density at radius 3 is 2.24 bits per heavy atom. The van der Waals surface area contributed by atoms with Crippen LogP contribution in [0.25, 0.3) is 0 Å². The number of Topliss-reactive ketones (excluding diaryl/α,β-unsaturated/α-hetero) is 1.